The Morgan fingerprint density at radius 3 is 2.69 bits per heavy atom. The highest BCUT2D eigenvalue weighted by molar-refractivity contribution is 6.36. The van der Waals surface area contributed by atoms with Crippen LogP contribution in [-0.2, 0) is 4.79 Å². The van der Waals surface area contributed by atoms with Crippen molar-refractivity contribution in [2.45, 2.75) is 19.3 Å². The average molecular weight is 393 g/mol. The van der Waals surface area contributed by atoms with Gasteiger partial charge in [-0.25, -0.2) is 0 Å². The maximum absolute atomic E-state index is 12.5. The van der Waals surface area contributed by atoms with Gasteiger partial charge in [0.05, 0.1) is 23.4 Å². The van der Waals surface area contributed by atoms with E-state index in [9.17, 15) is 9.59 Å². The number of nitrogens with zero attached hydrogens (tertiary/aromatic N) is 1. The van der Waals surface area contributed by atoms with Crippen molar-refractivity contribution < 1.29 is 14.3 Å². The molecule has 0 bridgehead atoms. The van der Waals surface area contributed by atoms with E-state index in [1.54, 1.807) is 35.2 Å². The number of carbonyl (C=O) groups excluding carboxylic acids is 2. The second-order valence-corrected chi connectivity index (χ2v) is 6.81. The lowest BCUT2D eigenvalue weighted by molar-refractivity contribution is -0.119. The van der Waals surface area contributed by atoms with Crippen LogP contribution in [0.25, 0.3) is 0 Å². The molecule has 0 radical (unpaired) electrons. The van der Waals surface area contributed by atoms with Crippen LogP contribution in [0.1, 0.15) is 29.6 Å². The monoisotopic (exact) mass is 392 g/mol. The van der Waals surface area contributed by atoms with Gasteiger partial charge in [-0.3, -0.25) is 9.59 Å². The lowest BCUT2D eigenvalue weighted by atomic mass is 10.1. The summed E-state index contributed by atoms with van der Waals surface area (Å²) in [5.74, 6) is 0.230. The molecule has 1 N–H and O–H groups in total. The minimum absolute atomic E-state index is 0.0806. The number of methoxy groups -OCH3 is 1. The molecular weight excluding hydrogens is 375 g/mol. The summed E-state index contributed by atoms with van der Waals surface area (Å²) >= 11 is 12.0. The number of rotatable bonds is 4. The topological polar surface area (TPSA) is 58.6 Å². The third kappa shape index (κ3) is 3.94. The molecule has 2 aromatic carbocycles. The normalized spacial score (nSPS) is 14.3. The van der Waals surface area contributed by atoms with Gasteiger partial charge in [0.2, 0.25) is 5.91 Å². The van der Waals surface area contributed by atoms with Crippen molar-refractivity contribution in [3.8, 4) is 5.75 Å². The molecule has 1 fully saturated rings. The Hall–Kier alpha value is -2.24. The summed E-state index contributed by atoms with van der Waals surface area (Å²) in [4.78, 5) is 26.3. The second kappa shape index (κ2) is 7.98. The molecule has 26 heavy (non-hydrogen) atoms. The van der Waals surface area contributed by atoms with Crippen LogP contribution in [0.2, 0.25) is 10.0 Å². The van der Waals surface area contributed by atoms with Crippen molar-refractivity contribution in [3.63, 3.8) is 0 Å². The number of carbonyl (C=O) groups is 2. The Bertz CT molecular complexity index is 855. The molecular formula is C19H18Cl2N2O3. The van der Waals surface area contributed by atoms with E-state index >= 15 is 0 Å². The number of hydrogen-bond donors (Lipinski definition) is 1. The summed E-state index contributed by atoms with van der Waals surface area (Å²) < 4.78 is 5.43. The predicted octanol–water partition coefficient (Wildman–Crippen LogP) is 4.77. The van der Waals surface area contributed by atoms with Crippen LogP contribution in [0.4, 0.5) is 11.4 Å². The molecule has 1 saturated heterocycles. The van der Waals surface area contributed by atoms with Crippen molar-refractivity contribution in [1.29, 1.82) is 0 Å². The molecule has 136 valence electrons. The number of ether oxygens (including phenoxy) is 1. The van der Waals surface area contributed by atoms with Crippen LogP contribution in [0.3, 0.4) is 0 Å². The van der Waals surface area contributed by atoms with E-state index in [1.807, 2.05) is 0 Å². The smallest absolute Gasteiger partial charge is 0.257 e. The van der Waals surface area contributed by atoms with Crippen molar-refractivity contribution >= 4 is 46.4 Å². The molecule has 3 rings (SSSR count). The van der Waals surface area contributed by atoms with Crippen LogP contribution in [0.15, 0.2) is 36.4 Å². The maximum Gasteiger partial charge on any atom is 0.257 e. The Kier molecular flexibility index (Phi) is 5.69. The molecule has 2 aromatic rings. The number of benzene rings is 2. The highest BCUT2D eigenvalue weighted by Crippen LogP contribution is 2.34. The van der Waals surface area contributed by atoms with Gasteiger partial charge in [0.25, 0.3) is 5.91 Å². The second-order valence-electron chi connectivity index (χ2n) is 5.97. The first-order valence-corrected chi connectivity index (χ1v) is 9.00. The summed E-state index contributed by atoms with van der Waals surface area (Å²) in [5, 5.41) is 3.52. The lowest BCUT2D eigenvalue weighted by Crippen LogP contribution is -2.35. The third-order valence-corrected chi connectivity index (χ3v) is 4.79. The van der Waals surface area contributed by atoms with E-state index in [1.165, 1.54) is 13.2 Å². The number of nitrogens with one attached hydrogen (secondary N) is 1. The van der Waals surface area contributed by atoms with E-state index in [0.29, 0.717) is 40.1 Å². The quantitative estimate of drug-likeness (QED) is 0.814. The zero-order valence-corrected chi connectivity index (χ0v) is 15.7. The first kappa shape index (κ1) is 18.5. The number of hydrogen-bond acceptors (Lipinski definition) is 3. The van der Waals surface area contributed by atoms with E-state index < -0.39 is 0 Å². The summed E-state index contributed by atoms with van der Waals surface area (Å²) in [6.07, 6.45) is 2.40. The van der Waals surface area contributed by atoms with Gasteiger partial charge in [0.15, 0.2) is 0 Å². The molecule has 7 heteroatoms. The molecule has 0 unspecified atom stereocenters. The molecule has 0 atom stereocenters. The largest absolute Gasteiger partial charge is 0.494 e. The molecule has 0 saturated carbocycles. The molecule has 1 heterocycles. The summed E-state index contributed by atoms with van der Waals surface area (Å²) in [7, 11) is 1.53. The van der Waals surface area contributed by atoms with Crippen molar-refractivity contribution in [2.24, 2.45) is 0 Å². The van der Waals surface area contributed by atoms with Crippen LogP contribution < -0.4 is 15.0 Å². The van der Waals surface area contributed by atoms with Gasteiger partial charge in [-0.05, 0) is 43.2 Å². The standard InChI is InChI=1S/C19H18Cl2N2O3/c1-26-17-11-13(6-8-16(17)23-9-3-2-4-18(23)24)22-19(25)14-10-12(20)5-7-15(14)21/h5-8,10-11H,2-4,9H2,1H3,(H,22,25). The van der Waals surface area contributed by atoms with Gasteiger partial charge in [0.1, 0.15) is 5.75 Å². The minimum Gasteiger partial charge on any atom is -0.494 e. The first-order chi connectivity index (χ1) is 12.5. The highest BCUT2D eigenvalue weighted by Gasteiger charge is 2.23. The van der Waals surface area contributed by atoms with Crippen LogP contribution in [0, 0.1) is 0 Å². The van der Waals surface area contributed by atoms with Gasteiger partial charge in [-0.1, -0.05) is 23.2 Å². The van der Waals surface area contributed by atoms with Crippen molar-refractivity contribution in [2.75, 3.05) is 23.9 Å². The number of halogens is 2. The number of piperidine rings is 1. The highest BCUT2D eigenvalue weighted by atomic mass is 35.5. The van der Waals surface area contributed by atoms with E-state index in [4.69, 9.17) is 27.9 Å². The predicted molar refractivity (Wildman–Crippen MR) is 104 cm³/mol. The molecule has 0 aromatic heterocycles. The molecule has 1 aliphatic heterocycles. The van der Waals surface area contributed by atoms with Gasteiger partial charge in [-0.15, -0.1) is 0 Å². The fourth-order valence-corrected chi connectivity index (χ4v) is 3.28. The minimum atomic E-state index is -0.374. The third-order valence-electron chi connectivity index (χ3n) is 4.22. The fourth-order valence-electron chi connectivity index (χ4n) is 2.91. The van der Waals surface area contributed by atoms with Crippen molar-refractivity contribution in [1.82, 2.24) is 0 Å². The molecule has 0 aliphatic carbocycles. The van der Waals surface area contributed by atoms with Gasteiger partial charge in [0, 0.05) is 29.7 Å². The molecule has 5 nitrogen and oxygen atoms in total. The van der Waals surface area contributed by atoms with E-state index in [2.05, 4.69) is 5.32 Å². The average Bonchev–Trinajstić information content (AvgIpc) is 2.64. The number of amides is 2. The zero-order valence-electron chi connectivity index (χ0n) is 14.2. The first-order valence-electron chi connectivity index (χ1n) is 8.24. The molecule has 0 spiro atoms. The Balaban J connectivity index is 1.84. The zero-order chi connectivity index (χ0) is 18.7. The van der Waals surface area contributed by atoms with Crippen molar-refractivity contribution in [3.05, 3.63) is 52.0 Å². The Morgan fingerprint density at radius 1 is 1.15 bits per heavy atom. The molecule has 1 aliphatic rings. The van der Waals surface area contributed by atoms with E-state index in [-0.39, 0.29) is 17.4 Å². The Morgan fingerprint density at radius 2 is 1.96 bits per heavy atom. The SMILES string of the molecule is COc1cc(NC(=O)c2cc(Cl)ccc2Cl)ccc1N1CCCCC1=O. The summed E-state index contributed by atoms with van der Waals surface area (Å²) in [6.45, 7) is 0.666. The summed E-state index contributed by atoms with van der Waals surface area (Å²) in [5.41, 5.74) is 1.53. The Labute approximate surface area is 161 Å². The number of anilines is 2. The maximum atomic E-state index is 12.5. The fraction of sp³-hybridized carbons (Fsp3) is 0.263. The van der Waals surface area contributed by atoms with Gasteiger partial charge >= 0.3 is 0 Å². The summed E-state index contributed by atoms with van der Waals surface area (Å²) in [6, 6.07) is 9.90. The van der Waals surface area contributed by atoms with Crippen LogP contribution >= 0.6 is 23.2 Å². The van der Waals surface area contributed by atoms with Crippen LogP contribution in [-0.4, -0.2) is 25.5 Å². The van der Waals surface area contributed by atoms with Crippen LogP contribution in [0.5, 0.6) is 5.75 Å². The van der Waals surface area contributed by atoms with Gasteiger partial charge < -0.3 is 15.0 Å². The van der Waals surface area contributed by atoms with E-state index in [0.717, 1.165) is 12.8 Å². The lowest BCUT2D eigenvalue weighted by Gasteiger charge is -2.28. The molecule has 2 amide bonds. The van der Waals surface area contributed by atoms with Gasteiger partial charge in [-0.2, -0.15) is 0 Å².